The van der Waals surface area contributed by atoms with Crippen molar-refractivity contribution in [2.24, 2.45) is 5.41 Å². The third-order valence-electron chi connectivity index (χ3n) is 4.68. The monoisotopic (exact) mass is 381 g/mol. The molecule has 0 saturated carbocycles. The first-order valence-electron chi connectivity index (χ1n) is 9.22. The van der Waals surface area contributed by atoms with E-state index in [0.29, 0.717) is 5.82 Å². The van der Waals surface area contributed by atoms with Crippen molar-refractivity contribution in [3.05, 3.63) is 48.5 Å². The summed E-state index contributed by atoms with van der Waals surface area (Å²) in [5, 5.41) is 21.4. The molecule has 0 saturated heterocycles. The fraction of sp³-hybridized carbons (Fsp3) is 0.381. The van der Waals surface area contributed by atoms with Gasteiger partial charge in [0, 0.05) is 11.8 Å². The van der Waals surface area contributed by atoms with Gasteiger partial charge in [0.05, 0.1) is 43.2 Å². The van der Waals surface area contributed by atoms with Crippen molar-refractivity contribution in [2.75, 3.05) is 19.0 Å². The maximum absolute atomic E-state index is 9.60. The minimum atomic E-state index is -0.106. The van der Waals surface area contributed by atoms with E-state index < -0.39 is 0 Å². The van der Waals surface area contributed by atoms with Gasteiger partial charge in [-0.05, 0) is 36.6 Å². The van der Waals surface area contributed by atoms with E-state index in [9.17, 15) is 5.11 Å². The first-order chi connectivity index (χ1) is 13.3. The third kappa shape index (κ3) is 4.31. The minimum Gasteiger partial charge on any atom is -0.495 e. The SMILES string of the molecule is COc1cc(-c2ccc(N[C@@H](CO)C(C)(C)C)nn2)ccc1-n1cnc(C)c1. The Balaban J connectivity index is 1.84. The zero-order valence-corrected chi connectivity index (χ0v) is 17.0. The van der Waals surface area contributed by atoms with Crippen LogP contribution < -0.4 is 10.1 Å². The molecule has 2 aromatic heterocycles. The second kappa shape index (κ2) is 7.98. The molecule has 28 heavy (non-hydrogen) atoms. The van der Waals surface area contributed by atoms with Crippen LogP contribution in [0.4, 0.5) is 5.82 Å². The summed E-state index contributed by atoms with van der Waals surface area (Å²) in [6.45, 7) is 8.18. The fourth-order valence-corrected chi connectivity index (χ4v) is 2.88. The maximum atomic E-state index is 9.60. The standard InChI is InChI=1S/C21H27N5O2/c1-14-11-26(13-22-14)17-8-6-15(10-18(17)28-5)16-7-9-20(25-24-16)23-19(12-27)21(2,3)4/h6-11,13,19,27H,12H2,1-5H3,(H,23,25)/t19-/m0/s1. The molecule has 7 nitrogen and oxygen atoms in total. The van der Waals surface area contributed by atoms with Crippen LogP contribution in [0, 0.1) is 12.3 Å². The molecule has 0 aliphatic rings. The van der Waals surface area contributed by atoms with Crippen LogP contribution in [-0.4, -0.2) is 44.6 Å². The van der Waals surface area contributed by atoms with Crippen LogP contribution in [0.5, 0.6) is 5.75 Å². The Kier molecular flexibility index (Phi) is 5.65. The Morgan fingerprint density at radius 1 is 1.18 bits per heavy atom. The summed E-state index contributed by atoms with van der Waals surface area (Å²) in [4.78, 5) is 4.27. The van der Waals surface area contributed by atoms with Gasteiger partial charge in [0.25, 0.3) is 0 Å². The summed E-state index contributed by atoms with van der Waals surface area (Å²) in [6, 6.07) is 9.57. The summed E-state index contributed by atoms with van der Waals surface area (Å²) in [5.41, 5.74) is 3.41. The number of nitrogens with zero attached hydrogens (tertiary/aromatic N) is 4. The molecule has 2 N–H and O–H groups in total. The van der Waals surface area contributed by atoms with E-state index in [0.717, 1.165) is 28.4 Å². The van der Waals surface area contributed by atoms with Gasteiger partial charge in [-0.3, -0.25) is 0 Å². The van der Waals surface area contributed by atoms with Gasteiger partial charge in [-0.1, -0.05) is 26.8 Å². The molecule has 2 heterocycles. The molecule has 0 aliphatic carbocycles. The van der Waals surface area contributed by atoms with E-state index >= 15 is 0 Å². The first kappa shape index (κ1) is 19.8. The largest absolute Gasteiger partial charge is 0.495 e. The Bertz CT molecular complexity index is 929. The van der Waals surface area contributed by atoms with Crippen molar-refractivity contribution < 1.29 is 9.84 Å². The van der Waals surface area contributed by atoms with Gasteiger partial charge in [0.1, 0.15) is 11.6 Å². The van der Waals surface area contributed by atoms with Gasteiger partial charge >= 0.3 is 0 Å². The minimum absolute atomic E-state index is 0.0271. The Labute approximate surface area is 165 Å². The van der Waals surface area contributed by atoms with Crippen molar-refractivity contribution in [2.45, 2.75) is 33.7 Å². The topological polar surface area (TPSA) is 85.1 Å². The number of hydrogen-bond acceptors (Lipinski definition) is 6. The van der Waals surface area contributed by atoms with Crippen LogP contribution in [0.2, 0.25) is 0 Å². The number of aliphatic hydroxyl groups excluding tert-OH is 1. The average molecular weight is 381 g/mol. The number of aromatic nitrogens is 4. The van der Waals surface area contributed by atoms with Gasteiger partial charge in [-0.15, -0.1) is 10.2 Å². The molecule has 1 aromatic carbocycles. The third-order valence-corrected chi connectivity index (χ3v) is 4.68. The summed E-state index contributed by atoms with van der Waals surface area (Å²) >= 11 is 0. The Morgan fingerprint density at radius 3 is 2.50 bits per heavy atom. The number of aryl methyl sites for hydroxylation is 1. The number of imidazole rings is 1. The molecular weight excluding hydrogens is 354 g/mol. The van der Waals surface area contributed by atoms with Crippen LogP contribution in [0.25, 0.3) is 16.9 Å². The Hall–Kier alpha value is -2.93. The predicted molar refractivity (Wildman–Crippen MR) is 110 cm³/mol. The number of methoxy groups -OCH3 is 1. The van der Waals surface area contributed by atoms with Crippen LogP contribution in [0.3, 0.4) is 0 Å². The number of benzene rings is 1. The molecule has 3 aromatic rings. The van der Waals surface area contributed by atoms with Crippen LogP contribution in [0.15, 0.2) is 42.9 Å². The van der Waals surface area contributed by atoms with Gasteiger partial charge in [-0.25, -0.2) is 4.98 Å². The molecule has 0 bridgehead atoms. The molecule has 0 radical (unpaired) electrons. The number of aliphatic hydroxyl groups is 1. The number of rotatable bonds is 6. The lowest BCUT2D eigenvalue weighted by molar-refractivity contribution is 0.201. The molecule has 0 unspecified atom stereocenters. The number of nitrogens with one attached hydrogen (secondary N) is 1. The van der Waals surface area contributed by atoms with Gasteiger partial charge < -0.3 is 19.7 Å². The first-order valence-corrected chi connectivity index (χ1v) is 9.22. The van der Waals surface area contributed by atoms with Crippen molar-refractivity contribution in [3.63, 3.8) is 0 Å². The highest BCUT2D eigenvalue weighted by molar-refractivity contribution is 5.65. The lowest BCUT2D eigenvalue weighted by atomic mass is 9.87. The number of anilines is 1. The lowest BCUT2D eigenvalue weighted by Crippen LogP contribution is -2.37. The van der Waals surface area contributed by atoms with Crippen molar-refractivity contribution >= 4 is 5.82 Å². The van der Waals surface area contributed by atoms with E-state index in [4.69, 9.17) is 4.74 Å². The summed E-state index contributed by atoms with van der Waals surface area (Å²) in [7, 11) is 1.65. The molecule has 0 fully saturated rings. The molecule has 1 atom stereocenters. The molecule has 7 heteroatoms. The second-order valence-electron chi connectivity index (χ2n) is 7.86. The van der Waals surface area contributed by atoms with E-state index in [-0.39, 0.29) is 18.1 Å². The normalized spacial score (nSPS) is 12.6. The summed E-state index contributed by atoms with van der Waals surface area (Å²) < 4.78 is 7.49. The zero-order valence-electron chi connectivity index (χ0n) is 17.0. The number of hydrogen-bond donors (Lipinski definition) is 2. The Morgan fingerprint density at radius 2 is 1.96 bits per heavy atom. The van der Waals surface area contributed by atoms with Gasteiger partial charge in [0.2, 0.25) is 0 Å². The molecule has 0 spiro atoms. The van der Waals surface area contributed by atoms with E-state index in [1.807, 2.05) is 48.0 Å². The van der Waals surface area contributed by atoms with E-state index in [1.165, 1.54) is 0 Å². The summed E-state index contributed by atoms with van der Waals surface area (Å²) in [5.74, 6) is 1.36. The van der Waals surface area contributed by atoms with Crippen molar-refractivity contribution in [3.8, 4) is 22.7 Å². The quantitative estimate of drug-likeness (QED) is 0.680. The zero-order chi connectivity index (χ0) is 20.3. The molecule has 148 valence electrons. The molecular formula is C21H27N5O2. The summed E-state index contributed by atoms with van der Waals surface area (Å²) in [6.07, 6.45) is 3.71. The van der Waals surface area contributed by atoms with Crippen LogP contribution in [-0.2, 0) is 0 Å². The lowest BCUT2D eigenvalue weighted by Gasteiger charge is -2.30. The predicted octanol–water partition coefficient (Wildman–Crippen LogP) is 3.47. The highest BCUT2D eigenvalue weighted by Gasteiger charge is 2.24. The van der Waals surface area contributed by atoms with Crippen LogP contribution in [0.1, 0.15) is 26.5 Å². The molecule has 3 rings (SSSR count). The smallest absolute Gasteiger partial charge is 0.148 e. The van der Waals surface area contributed by atoms with Crippen molar-refractivity contribution in [1.82, 2.24) is 19.7 Å². The highest BCUT2D eigenvalue weighted by Crippen LogP contribution is 2.29. The molecule has 0 amide bonds. The highest BCUT2D eigenvalue weighted by atomic mass is 16.5. The maximum Gasteiger partial charge on any atom is 0.148 e. The van der Waals surface area contributed by atoms with E-state index in [2.05, 4.69) is 41.3 Å². The van der Waals surface area contributed by atoms with Crippen molar-refractivity contribution in [1.29, 1.82) is 0 Å². The van der Waals surface area contributed by atoms with Crippen LogP contribution >= 0.6 is 0 Å². The second-order valence-corrected chi connectivity index (χ2v) is 7.86. The fourth-order valence-electron chi connectivity index (χ4n) is 2.88. The average Bonchev–Trinajstić information content (AvgIpc) is 3.11. The van der Waals surface area contributed by atoms with Gasteiger partial charge in [0.15, 0.2) is 0 Å². The molecule has 0 aliphatic heterocycles. The van der Waals surface area contributed by atoms with Gasteiger partial charge in [-0.2, -0.15) is 0 Å². The number of ether oxygens (including phenoxy) is 1. The van der Waals surface area contributed by atoms with E-state index in [1.54, 1.807) is 13.4 Å².